The lowest BCUT2D eigenvalue weighted by atomic mass is 10.1. The molecule has 2 heterocycles. The molecule has 2 N–H and O–H groups in total. The van der Waals surface area contributed by atoms with Crippen molar-refractivity contribution >= 4 is 23.3 Å². The number of para-hydroxylation sites is 1. The first-order valence-corrected chi connectivity index (χ1v) is 7.77. The van der Waals surface area contributed by atoms with Crippen LogP contribution < -0.4 is 15.4 Å². The molecule has 0 saturated carbocycles. The van der Waals surface area contributed by atoms with Crippen LogP contribution in [0.4, 0.5) is 10.5 Å². The standard InChI is InChI=1S/C15H18ClN5O2/c1-9-17-14-12(7-4-8-21(14)20-9)19-15(22)18-11-6-3-5-10(16)13(11)23-2/h3,5-6,12H,4,7-8H2,1-2H3,(H2,18,19,22). The number of hydrogen-bond donors (Lipinski definition) is 2. The number of ether oxygens (including phenoxy) is 1. The second kappa shape index (κ2) is 6.45. The summed E-state index contributed by atoms with van der Waals surface area (Å²) in [6.07, 6.45) is 1.78. The van der Waals surface area contributed by atoms with Crippen molar-refractivity contribution in [3.8, 4) is 5.75 Å². The number of carbonyl (C=O) groups excluding carboxylic acids is 1. The molecule has 1 aromatic heterocycles. The fraction of sp³-hybridized carbons (Fsp3) is 0.400. The molecule has 7 nitrogen and oxygen atoms in total. The molecule has 122 valence electrons. The van der Waals surface area contributed by atoms with Crippen molar-refractivity contribution in [1.29, 1.82) is 0 Å². The first kappa shape index (κ1) is 15.6. The molecule has 0 radical (unpaired) electrons. The van der Waals surface area contributed by atoms with Crippen molar-refractivity contribution in [2.75, 3.05) is 12.4 Å². The number of urea groups is 1. The van der Waals surface area contributed by atoms with Crippen LogP contribution >= 0.6 is 11.6 Å². The summed E-state index contributed by atoms with van der Waals surface area (Å²) >= 11 is 6.06. The van der Waals surface area contributed by atoms with E-state index in [4.69, 9.17) is 16.3 Å². The lowest BCUT2D eigenvalue weighted by Gasteiger charge is -2.23. The first-order chi connectivity index (χ1) is 11.1. The number of hydrogen-bond acceptors (Lipinski definition) is 4. The zero-order chi connectivity index (χ0) is 16.4. The normalized spacial score (nSPS) is 16.6. The van der Waals surface area contributed by atoms with Gasteiger partial charge < -0.3 is 15.4 Å². The van der Waals surface area contributed by atoms with Crippen molar-refractivity contribution in [1.82, 2.24) is 20.1 Å². The molecule has 0 bridgehead atoms. The van der Waals surface area contributed by atoms with E-state index in [0.717, 1.165) is 25.2 Å². The summed E-state index contributed by atoms with van der Waals surface area (Å²) < 4.78 is 7.08. The van der Waals surface area contributed by atoms with Crippen LogP contribution in [0.1, 0.15) is 30.5 Å². The quantitative estimate of drug-likeness (QED) is 0.903. The fourth-order valence-corrected chi connectivity index (χ4v) is 2.99. The number of benzene rings is 1. The average molecular weight is 336 g/mol. The number of nitrogens with one attached hydrogen (secondary N) is 2. The Balaban J connectivity index is 1.73. The number of amides is 2. The van der Waals surface area contributed by atoms with Gasteiger partial charge in [0.25, 0.3) is 0 Å². The van der Waals surface area contributed by atoms with Gasteiger partial charge in [0.1, 0.15) is 11.6 Å². The zero-order valence-electron chi connectivity index (χ0n) is 13.0. The molecule has 1 atom stereocenters. The Morgan fingerprint density at radius 3 is 3.09 bits per heavy atom. The van der Waals surface area contributed by atoms with E-state index in [2.05, 4.69) is 20.7 Å². The lowest BCUT2D eigenvalue weighted by Crippen LogP contribution is -2.36. The van der Waals surface area contributed by atoms with Gasteiger partial charge in [-0.2, -0.15) is 5.10 Å². The topological polar surface area (TPSA) is 81.1 Å². The van der Waals surface area contributed by atoms with Crippen LogP contribution in [-0.4, -0.2) is 27.9 Å². The molecule has 1 aliphatic rings. The molecular formula is C15H18ClN5O2. The van der Waals surface area contributed by atoms with E-state index in [9.17, 15) is 4.79 Å². The van der Waals surface area contributed by atoms with Gasteiger partial charge in [-0.25, -0.2) is 14.5 Å². The fourth-order valence-electron chi connectivity index (χ4n) is 2.74. The smallest absolute Gasteiger partial charge is 0.319 e. The molecule has 1 aromatic carbocycles. The van der Waals surface area contributed by atoms with Crippen molar-refractivity contribution in [2.24, 2.45) is 0 Å². The molecule has 2 amide bonds. The predicted octanol–water partition coefficient (Wildman–Crippen LogP) is 2.91. The van der Waals surface area contributed by atoms with Gasteiger partial charge in [0.15, 0.2) is 5.75 Å². The highest BCUT2D eigenvalue weighted by atomic mass is 35.5. The monoisotopic (exact) mass is 335 g/mol. The summed E-state index contributed by atoms with van der Waals surface area (Å²) in [7, 11) is 1.51. The van der Waals surface area contributed by atoms with Crippen LogP contribution in [0.5, 0.6) is 5.75 Å². The van der Waals surface area contributed by atoms with Gasteiger partial charge in [0, 0.05) is 6.54 Å². The van der Waals surface area contributed by atoms with Crippen LogP contribution in [0.3, 0.4) is 0 Å². The Morgan fingerprint density at radius 2 is 2.30 bits per heavy atom. The van der Waals surface area contributed by atoms with Gasteiger partial charge >= 0.3 is 6.03 Å². The van der Waals surface area contributed by atoms with Crippen LogP contribution in [-0.2, 0) is 6.54 Å². The lowest BCUT2D eigenvalue weighted by molar-refractivity contribution is 0.244. The highest BCUT2D eigenvalue weighted by Gasteiger charge is 2.25. The Morgan fingerprint density at radius 1 is 1.48 bits per heavy atom. The van der Waals surface area contributed by atoms with E-state index in [-0.39, 0.29) is 12.1 Å². The van der Waals surface area contributed by atoms with E-state index < -0.39 is 0 Å². The molecule has 0 spiro atoms. The van der Waals surface area contributed by atoms with Crippen LogP contribution in [0.2, 0.25) is 5.02 Å². The first-order valence-electron chi connectivity index (χ1n) is 7.40. The number of methoxy groups -OCH3 is 1. The number of aromatic nitrogens is 3. The van der Waals surface area contributed by atoms with E-state index in [1.165, 1.54) is 7.11 Å². The molecule has 3 rings (SSSR count). The predicted molar refractivity (Wildman–Crippen MR) is 86.9 cm³/mol. The van der Waals surface area contributed by atoms with Gasteiger partial charge in [-0.1, -0.05) is 17.7 Å². The summed E-state index contributed by atoms with van der Waals surface area (Å²) in [5.74, 6) is 1.94. The maximum absolute atomic E-state index is 12.3. The molecule has 0 aliphatic carbocycles. The third-order valence-electron chi connectivity index (χ3n) is 3.71. The molecular weight excluding hydrogens is 318 g/mol. The van der Waals surface area contributed by atoms with E-state index in [1.807, 2.05) is 11.6 Å². The number of anilines is 1. The Hall–Kier alpha value is -2.28. The average Bonchev–Trinajstić information content (AvgIpc) is 2.89. The molecule has 1 aliphatic heterocycles. The van der Waals surface area contributed by atoms with Crippen molar-refractivity contribution < 1.29 is 9.53 Å². The molecule has 1 unspecified atom stereocenters. The third-order valence-corrected chi connectivity index (χ3v) is 4.00. The van der Waals surface area contributed by atoms with E-state index in [1.54, 1.807) is 18.2 Å². The number of carbonyl (C=O) groups is 1. The van der Waals surface area contributed by atoms with Gasteiger partial charge in [-0.15, -0.1) is 0 Å². The Labute approximate surface area is 139 Å². The minimum atomic E-state index is -0.329. The molecule has 2 aromatic rings. The van der Waals surface area contributed by atoms with Crippen molar-refractivity contribution in [2.45, 2.75) is 32.4 Å². The van der Waals surface area contributed by atoms with Crippen molar-refractivity contribution in [3.63, 3.8) is 0 Å². The summed E-state index contributed by atoms with van der Waals surface area (Å²) in [5, 5.41) is 10.5. The summed E-state index contributed by atoms with van der Waals surface area (Å²) in [6.45, 7) is 2.68. The number of nitrogens with zero attached hydrogens (tertiary/aromatic N) is 3. The number of halogens is 1. The second-order valence-corrected chi connectivity index (χ2v) is 5.76. The van der Waals surface area contributed by atoms with E-state index >= 15 is 0 Å². The minimum absolute atomic E-state index is 0.157. The minimum Gasteiger partial charge on any atom is -0.493 e. The van der Waals surface area contributed by atoms with Crippen LogP contribution in [0.25, 0.3) is 0 Å². The maximum Gasteiger partial charge on any atom is 0.319 e. The summed E-state index contributed by atoms with van der Waals surface area (Å²) in [5.41, 5.74) is 0.519. The van der Waals surface area contributed by atoms with Gasteiger partial charge in [-0.3, -0.25) is 0 Å². The van der Waals surface area contributed by atoms with Crippen LogP contribution in [0, 0.1) is 6.92 Å². The van der Waals surface area contributed by atoms with Gasteiger partial charge in [0.05, 0.1) is 23.9 Å². The van der Waals surface area contributed by atoms with Crippen LogP contribution in [0.15, 0.2) is 18.2 Å². The summed E-state index contributed by atoms with van der Waals surface area (Å²) in [6, 6.07) is 4.70. The number of rotatable bonds is 3. The van der Waals surface area contributed by atoms with Gasteiger partial charge in [-0.05, 0) is 31.9 Å². The van der Waals surface area contributed by atoms with E-state index in [0.29, 0.717) is 22.3 Å². The summed E-state index contributed by atoms with van der Waals surface area (Å²) in [4.78, 5) is 16.7. The maximum atomic E-state index is 12.3. The zero-order valence-corrected chi connectivity index (χ0v) is 13.7. The number of aryl methyl sites for hydroxylation is 2. The largest absolute Gasteiger partial charge is 0.493 e. The molecule has 23 heavy (non-hydrogen) atoms. The highest BCUT2D eigenvalue weighted by molar-refractivity contribution is 6.32. The molecule has 0 fully saturated rings. The molecule has 0 saturated heterocycles. The Kier molecular flexibility index (Phi) is 4.38. The second-order valence-electron chi connectivity index (χ2n) is 5.35. The Bertz CT molecular complexity index is 731. The van der Waals surface area contributed by atoms with Gasteiger partial charge in [0.2, 0.25) is 0 Å². The SMILES string of the molecule is COc1c(Cl)cccc1NC(=O)NC1CCCn2nc(C)nc21. The number of fused-ring (bicyclic) bond motifs is 1. The third kappa shape index (κ3) is 3.24. The van der Waals surface area contributed by atoms with Crippen molar-refractivity contribution in [3.05, 3.63) is 34.9 Å². The molecule has 8 heteroatoms. The highest BCUT2D eigenvalue weighted by Crippen LogP contribution is 2.32.